The highest BCUT2D eigenvalue weighted by Crippen LogP contribution is 2.44. The number of carbonyl (C=O) groups is 2. The Kier molecular flexibility index (Phi) is 15.3. The number of phenols is 2. The Labute approximate surface area is 416 Å². The molecule has 0 aromatic heterocycles. The van der Waals surface area contributed by atoms with Gasteiger partial charge in [-0.2, -0.15) is 0 Å². The highest BCUT2D eigenvalue weighted by molar-refractivity contribution is 6.21. The zero-order chi connectivity index (χ0) is 50.9. The molecule has 7 rings (SSSR count). The summed E-state index contributed by atoms with van der Waals surface area (Å²) in [5.41, 5.74) is 16.8. The van der Waals surface area contributed by atoms with E-state index < -0.39 is 0 Å². The molecule has 8 bridgehead atoms. The summed E-state index contributed by atoms with van der Waals surface area (Å²) < 4.78 is 25.5. The smallest absolute Gasteiger partial charge is 0.261 e. The monoisotopic (exact) mass is 953 g/mol. The first-order valence-electron chi connectivity index (χ1n) is 24.9. The number of aromatic hydroxyl groups is 2. The molecule has 1 aliphatic carbocycles. The molecule has 0 spiro atoms. The number of phenolic OH excluding ortho intramolecular Hbond substituents is 2. The summed E-state index contributed by atoms with van der Waals surface area (Å²) in [5, 5.41) is 25.2. The maximum atomic E-state index is 13.0. The van der Waals surface area contributed by atoms with Crippen LogP contribution in [0.5, 0.6) is 23.0 Å². The van der Waals surface area contributed by atoms with Crippen LogP contribution in [0.25, 0.3) is 0 Å². The number of rotatable bonds is 13. The number of ether oxygens (including phenoxy) is 4. The van der Waals surface area contributed by atoms with Gasteiger partial charge in [-0.3, -0.25) is 14.5 Å². The van der Waals surface area contributed by atoms with Crippen molar-refractivity contribution in [2.75, 3.05) is 52.7 Å². The van der Waals surface area contributed by atoms with E-state index in [4.69, 9.17) is 24.7 Å². The third kappa shape index (κ3) is 11.7. The summed E-state index contributed by atoms with van der Waals surface area (Å²) in [6.45, 7) is 28.5. The van der Waals surface area contributed by atoms with E-state index in [9.17, 15) is 19.8 Å². The van der Waals surface area contributed by atoms with Crippen LogP contribution >= 0.6 is 0 Å². The molecular weight excluding hydrogens is 877 g/mol. The number of nitrogens with two attached hydrogens (primary N) is 1. The zero-order valence-electron chi connectivity index (χ0n) is 43.8. The fraction of sp³-hybridized carbons (Fsp3) is 0.467. The van der Waals surface area contributed by atoms with E-state index >= 15 is 0 Å². The van der Waals surface area contributed by atoms with Crippen LogP contribution in [0.15, 0.2) is 72.8 Å². The van der Waals surface area contributed by atoms with E-state index in [1.54, 1.807) is 24.3 Å². The second-order valence-electron chi connectivity index (χ2n) is 23.3. The first kappa shape index (κ1) is 52.2. The Balaban J connectivity index is 1.37. The fourth-order valence-corrected chi connectivity index (χ4v) is 9.31. The lowest BCUT2D eigenvalue weighted by molar-refractivity contribution is 0.0527. The molecule has 2 amide bonds. The van der Waals surface area contributed by atoms with Crippen molar-refractivity contribution in [1.82, 2.24) is 4.90 Å². The summed E-state index contributed by atoms with van der Waals surface area (Å²) in [7, 11) is 0. The SMILES string of the molecule is CC(C)(C)c1cc2c(O)c(c1)Cc1cc(C(C)(C)C)cc(c1OCCOCCN1C(=O)c3ccccc3C1=O)Cc1cc(C(C)(C)C)cc(c1O)Cc1cc(C(C)(C)C)cc(c1OCCOCCN)C2. The van der Waals surface area contributed by atoms with Gasteiger partial charge in [0, 0.05) is 32.2 Å². The molecule has 2 aliphatic rings. The van der Waals surface area contributed by atoms with Gasteiger partial charge in [0.1, 0.15) is 36.2 Å². The van der Waals surface area contributed by atoms with Crippen LogP contribution in [0.3, 0.4) is 0 Å². The van der Waals surface area contributed by atoms with E-state index in [0.717, 1.165) is 72.5 Å². The van der Waals surface area contributed by atoms with Gasteiger partial charge in [0.25, 0.3) is 11.8 Å². The molecule has 70 heavy (non-hydrogen) atoms. The quantitative estimate of drug-likeness (QED) is 0.0762. The highest BCUT2D eigenvalue weighted by atomic mass is 16.5. The maximum absolute atomic E-state index is 13.0. The normalized spacial score (nSPS) is 14.3. The van der Waals surface area contributed by atoms with E-state index in [-0.39, 0.29) is 71.3 Å². The lowest BCUT2D eigenvalue weighted by Crippen LogP contribution is -2.33. The Morgan fingerprint density at radius 2 is 0.757 bits per heavy atom. The molecular formula is C60H76N2O8. The molecule has 5 aromatic rings. The molecule has 1 heterocycles. The second-order valence-corrected chi connectivity index (χ2v) is 23.3. The number of hydrogen-bond donors (Lipinski definition) is 3. The number of hydrogen-bond acceptors (Lipinski definition) is 9. The van der Waals surface area contributed by atoms with Crippen LogP contribution in [-0.4, -0.2) is 79.7 Å². The predicted octanol–water partition coefficient (Wildman–Crippen LogP) is 11.0. The molecule has 1 aliphatic heterocycles. The lowest BCUT2D eigenvalue weighted by Gasteiger charge is -2.28. The van der Waals surface area contributed by atoms with Crippen molar-refractivity contribution in [3.05, 3.63) is 151 Å². The van der Waals surface area contributed by atoms with Gasteiger partial charge in [0.15, 0.2) is 0 Å². The number of carbonyl (C=O) groups excluding carboxylic acids is 2. The van der Waals surface area contributed by atoms with Crippen molar-refractivity contribution in [2.45, 2.75) is 130 Å². The van der Waals surface area contributed by atoms with Crippen LogP contribution in [0, 0.1) is 0 Å². The molecule has 374 valence electrons. The van der Waals surface area contributed by atoms with Gasteiger partial charge in [-0.25, -0.2) is 0 Å². The second kappa shape index (κ2) is 20.6. The summed E-state index contributed by atoms with van der Waals surface area (Å²) >= 11 is 0. The Bertz CT molecular complexity index is 2590. The largest absolute Gasteiger partial charge is 0.507 e. The van der Waals surface area contributed by atoms with Crippen LogP contribution < -0.4 is 15.2 Å². The van der Waals surface area contributed by atoms with Gasteiger partial charge in [-0.05, 0) is 101 Å². The summed E-state index contributed by atoms with van der Waals surface area (Å²) in [6, 6.07) is 24.2. The van der Waals surface area contributed by atoms with Crippen LogP contribution in [-0.2, 0) is 56.8 Å². The van der Waals surface area contributed by atoms with Gasteiger partial charge in [-0.1, -0.05) is 144 Å². The van der Waals surface area contributed by atoms with Gasteiger partial charge >= 0.3 is 0 Å². The Morgan fingerprint density at radius 3 is 1.06 bits per heavy atom. The standard InChI is InChI=1S/C60H76N2O8/c1-57(2,3)45-29-37-25-41-33-47(59(7,8)9)34-42(53(41)69-23-21-67-19-17-61)26-38-30-46(58(4,5)6)32-40(52(38)64)28-44-36-48(60(10,11)12)35-43(27-39(31-45)51(37)63)54(44)70-24-22-68-20-18-62-55(65)49-15-13-14-16-50(49)56(62)66/h13-16,29-36,63-64H,17-28,61H2,1-12H3. The number of imide groups is 1. The topological polar surface area (TPSA) is 141 Å². The summed E-state index contributed by atoms with van der Waals surface area (Å²) in [5.74, 6) is 1.21. The molecule has 0 fully saturated rings. The zero-order valence-corrected chi connectivity index (χ0v) is 43.8. The van der Waals surface area contributed by atoms with E-state index in [1.807, 2.05) is 0 Å². The molecule has 5 aromatic carbocycles. The number of amides is 2. The van der Waals surface area contributed by atoms with E-state index in [0.29, 0.717) is 68.9 Å². The number of benzene rings is 5. The van der Waals surface area contributed by atoms with Crippen molar-refractivity contribution in [2.24, 2.45) is 5.73 Å². The van der Waals surface area contributed by atoms with Crippen molar-refractivity contribution < 1.29 is 38.7 Å². The summed E-state index contributed by atoms with van der Waals surface area (Å²) in [4.78, 5) is 27.3. The Morgan fingerprint density at radius 1 is 0.457 bits per heavy atom. The molecule has 10 heteroatoms. The van der Waals surface area contributed by atoms with Crippen molar-refractivity contribution in [3.8, 4) is 23.0 Å². The highest BCUT2D eigenvalue weighted by Gasteiger charge is 2.35. The first-order chi connectivity index (χ1) is 32.8. The van der Waals surface area contributed by atoms with Gasteiger partial charge in [-0.15, -0.1) is 0 Å². The van der Waals surface area contributed by atoms with Gasteiger partial charge in [0.05, 0.1) is 44.1 Å². The molecule has 0 radical (unpaired) electrons. The van der Waals surface area contributed by atoms with Crippen LogP contribution in [0.2, 0.25) is 0 Å². The molecule has 0 saturated heterocycles. The molecule has 10 nitrogen and oxygen atoms in total. The minimum Gasteiger partial charge on any atom is -0.507 e. The van der Waals surface area contributed by atoms with Crippen LogP contribution in [0.1, 0.15) is 171 Å². The molecule has 0 unspecified atom stereocenters. The fourth-order valence-electron chi connectivity index (χ4n) is 9.31. The first-order valence-corrected chi connectivity index (χ1v) is 24.9. The van der Waals surface area contributed by atoms with Crippen molar-refractivity contribution in [3.63, 3.8) is 0 Å². The third-order valence-corrected chi connectivity index (χ3v) is 13.6. The third-order valence-electron chi connectivity index (χ3n) is 13.6. The minimum atomic E-state index is -0.316. The van der Waals surface area contributed by atoms with E-state index in [1.165, 1.54) is 4.90 Å². The minimum absolute atomic E-state index is 0.124. The predicted molar refractivity (Wildman–Crippen MR) is 279 cm³/mol. The maximum Gasteiger partial charge on any atom is 0.261 e. The van der Waals surface area contributed by atoms with Crippen molar-refractivity contribution >= 4 is 11.8 Å². The van der Waals surface area contributed by atoms with Gasteiger partial charge in [0.2, 0.25) is 0 Å². The van der Waals surface area contributed by atoms with Gasteiger partial charge < -0.3 is 34.9 Å². The average Bonchev–Trinajstić information content (AvgIpc) is 3.51. The lowest BCUT2D eigenvalue weighted by atomic mass is 9.79. The van der Waals surface area contributed by atoms with E-state index in [2.05, 4.69) is 132 Å². The number of nitrogens with zero attached hydrogens (tertiary/aromatic N) is 1. The van der Waals surface area contributed by atoms with Crippen molar-refractivity contribution in [1.29, 1.82) is 0 Å². The average molecular weight is 953 g/mol. The number of fused-ring (bicyclic) bond motifs is 9. The Hall–Kier alpha value is -5.68. The summed E-state index contributed by atoms with van der Waals surface area (Å²) in [6.07, 6.45) is 1.52. The molecule has 0 saturated carbocycles. The molecule has 0 atom stereocenters. The molecule has 4 N–H and O–H groups in total. The van der Waals surface area contributed by atoms with Crippen LogP contribution in [0.4, 0.5) is 0 Å².